The second-order valence-electron chi connectivity index (χ2n) is 7.20. The van der Waals surface area contributed by atoms with E-state index in [1.807, 2.05) is 11.0 Å². The van der Waals surface area contributed by atoms with E-state index in [1.54, 1.807) is 6.92 Å². The first-order valence-corrected chi connectivity index (χ1v) is 8.71. The van der Waals surface area contributed by atoms with Gasteiger partial charge in [0.25, 0.3) is 0 Å². The van der Waals surface area contributed by atoms with Gasteiger partial charge in [-0.2, -0.15) is 0 Å². The third-order valence-electron chi connectivity index (χ3n) is 4.93. The van der Waals surface area contributed by atoms with Crippen LogP contribution in [-0.4, -0.2) is 11.4 Å². The summed E-state index contributed by atoms with van der Waals surface area (Å²) in [7, 11) is 0. The first-order valence-electron chi connectivity index (χ1n) is 7.92. The molecule has 0 radical (unpaired) electrons. The summed E-state index contributed by atoms with van der Waals surface area (Å²) in [5.41, 5.74) is 3.18. The topological polar surface area (TPSA) is 20.3 Å². The summed E-state index contributed by atoms with van der Waals surface area (Å²) >= 11 is 3.52. The highest BCUT2D eigenvalue weighted by Crippen LogP contribution is 2.50. The second kappa shape index (κ2) is 5.48. The van der Waals surface area contributed by atoms with Crippen molar-refractivity contribution in [1.82, 2.24) is 0 Å². The molecule has 1 heterocycles. The lowest BCUT2D eigenvalue weighted by Gasteiger charge is -2.51. The van der Waals surface area contributed by atoms with Crippen molar-refractivity contribution in [2.45, 2.75) is 45.1 Å². The number of halogens is 1. The molecular formula is C20H22BrNO. The molecule has 120 valence electrons. The third kappa shape index (κ3) is 2.61. The van der Waals surface area contributed by atoms with Crippen LogP contribution in [0.5, 0.6) is 0 Å². The Hall–Kier alpha value is -1.61. The minimum Gasteiger partial charge on any atom is -0.307 e. The van der Waals surface area contributed by atoms with E-state index in [9.17, 15) is 4.79 Å². The lowest BCUT2D eigenvalue weighted by Crippen LogP contribution is -2.55. The van der Waals surface area contributed by atoms with Crippen LogP contribution in [0.3, 0.4) is 0 Å². The Bertz CT molecular complexity index is 750. The van der Waals surface area contributed by atoms with Gasteiger partial charge in [0.2, 0.25) is 5.91 Å². The predicted octanol–water partition coefficient (Wildman–Crippen LogP) is 5.29. The summed E-state index contributed by atoms with van der Waals surface area (Å²) in [6, 6.07) is 16.8. The molecule has 0 saturated heterocycles. The second-order valence-corrected chi connectivity index (χ2v) is 8.12. The van der Waals surface area contributed by atoms with Crippen LogP contribution in [0.25, 0.3) is 0 Å². The number of anilines is 1. The lowest BCUT2D eigenvalue weighted by molar-refractivity contribution is -0.117. The fraction of sp³-hybridized carbons (Fsp3) is 0.350. The van der Waals surface area contributed by atoms with E-state index in [4.69, 9.17) is 0 Å². The fourth-order valence-corrected chi connectivity index (χ4v) is 4.44. The Morgan fingerprint density at radius 1 is 1.04 bits per heavy atom. The van der Waals surface area contributed by atoms with Crippen molar-refractivity contribution < 1.29 is 4.79 Å². The molecule has 1 aliphatic rings. The monoisotopic (exact) mass is 371 g/mol. The zero-order chi connectivity index (χ0) is 16.8. The van der Waals surface area contributed by atoms with Gasteiger partial charge in [-0.3, -0.25) is 4.79 Å². The van der Waals surface area contributed by atoms with Crippen LogP contribution in [0, 0.1) is 0 Å². The van der Waals surface area contributed by atoms with Crippen molar-refractivity contribution in [2.24, 2.45) is 0 Å². The number of carbonyl (C=O) groups excluding carboxylic acids is 1. The van der Waals surface area contributed by atoms with Crippen LogP contribution < -0.4 is 4.90 Å². The van der Waals surface area contributed by atoms with Crippen molar-refractivity contribution >= 4 is 27.5 Å². The molecule has 3 heteroatoms. The number of rotatable bonds is 1. The first kappa shape index (κ1) is 16.3. The minimum atomic E-state index is -0.234. The summed E-state index contributed by atoms with van der Waals surface area (Å²) in [4.78, 5) is 14.2. The Kier molecular flexibility index (Phi) is 3.88. The molecule has 0 spiro atoms. The molecule has 3 rings (SSSR count). The van der Waals surface area contributed by atoms with Gasteiger partial charge < -0.3 is 4.90 Å². The van der Waals surface area contributed by atoms with E-state index < -0.39 is 0 Å². The molecule has 0 aliphatic carbocycles. The fourth-order valence-electron chi connectivity index (χ4n) is 4.17. The maximum absolute atomic E-state index is 12.3. The average molecular weight is 372 g/mol. The van der Waals surface area contributed by atoms with Gasteiger partial charge in [0.1, 0.15) is 0 Å². The number of benzene rings is 2. The van der Waals surface area contributed by atoms with Crippen LogP contribution in [0.2, 0.25) is 0 Å². The van der Waals surface area contributed by atoms with Gasteiger partial charge in [0.05, 0.1) is 0 Å². The minimum absolute atomic E-state index is 0.0975. The van der Waals surface area contributed by atoms with Crippen LogP contribution >= 0.6 is 15.9 Å². The maximum Gasteiger partial charge on any atom is 0.224 e. The highest BCUT2D eigenvalue weighted by Gasteiger charge is 2.46. The standard InChI is InChI=1S/C20H22BrNO/c1-14(23)22-18-8-6-5-7-17(18)20(4,13-19(22,2)3)15-9-11-16(21)12-10-15/h5-12H,13H2,1-4H3/t20-/m1/s1. The van der Waals surface area contributed by atoms with E-state index in [0.717, 1.165) is 16.6 Å². The van der Waals surface area contributed by atoms with Crippen molar-refractivity contribution in [3.8, 4) is 0 Å². The summed E-state index contributed by atoms with van der Waals surface area (Å²) in [6.45, 7) is 8.25. The number of hydrogen-bond donors (Lipinski definition) is 0. The molecule has 1 aliphatic heterocycles. The van der Waals surface area contributed by atoms with Gasteiger partial charge in [0.15, 0.2) is 0 Å². The molecule has 0 saturated carbocycles. The highest BCUT2D eigenvalue weighted by molar-refractivity contribution is 9.10. The van der Waals surface area contributed by atoms with Crippen LogP contribution in [0.1, 0.15) is 45.2 Å². The number of amides is 1. The molecule has 0 N–H and O–H groups in total. The largest absolute Gasteiger partial charge is 0.307 e. The van der Waals surface area contributed by atoms with E-state index >= 15 is 0 Å². The molecule has 0 fully saturated rings. The number of para-hydroxylation sites is 1. The van der Waals surface area contributed by atoms with Gasteiger partial charge in [-0.1, -0.05) is 53.2 Å². The number of carbonyl (C=O) groups is 1. The Labute approximate surface area is 146 Å². The molecule has 0 unspecified atom stereocenters. The van der Waals surface area contributed by atoms with Crippen molar-refractivity contribution in [3.05, 3.63) is 64.1 Å². The molecule has 1 amide bonds. The van der Waals surface area contributed by atoms with E-state index in [0.29, 0.717) is 0 Å². The van der Waals surface area contributed by atoms with Gasteiger partial charge in [-0.15, -0.1) is 0 Å². The van der Waals surface area contributed by atoms with Gasteiger partial charge >= 0.3 is 0 Å². The first-order chi connectivity index (χ1) is 10.8. The molecule has 2 aromatic carbocycles. The highest BCUT2D eigenvalue weighted by atomic mass is 79.9. The van der Waals surface area contributed by atoms with Gasteiger partial charge in [0, 0.05) is 28.0 Å². The molecule has 1 atom stereocenters. The quantitative estimate of drug-likeness (QED) is 0.666. The molecule has 0 aromatic heterocycles. The Morgan fingerprint density at radius 3 is 2.26 bits per heavy atom. The van der Waals surface area contributed by atoms with E-state index in [1.165, 1.54) is 11.1 Å². The smallest absolute Gasteiger partial charge is 0.224 e. The van der Waals surface area contributed by atoms with Crippen LogP contribution in [0.4, 0.5) is 5.69 Å². The molecule has 2 nitrogen and oxygen atoms in total. The van der Waals surface area contributed by atoms with Crippen LogP contribution in [0.15, 0.2) is 53.0 Å². The van der Waals surface area contributed by atoms with E-state index in [2.05, 4.69) is 79.2 Å². The predicted molar refractivity (Wildman–Crippen MR) is 98.9 cm³/mol. The third-order valence-corrected chi connectivity index (χ3v) is 5.46. The lowest BCUT2D eigenvalue weighted by atomic mass is 9.65. The Morgan fingerprint density at radius 2 is 1.65 bits per heavy atom. The Balaban J connectivity index is 2.25. The SMILES string of the molecule is CC(=O)N1c2ccccc2[C@@](C)(c2ccc(Br)cc2)CC1(C)C. The summed E-state index contributed by atoms with van der Waals surface area (Å²) in [6.07, 6.45) is 0.887. The maximum atomic E-state index is 12.3. The number of hydrogen-bond acceptors (Lipinski definition) is 1. The van der Waals surface area contributed by atoms with Crippen molar-refractivity contribution in [2.75, 3.05) is 4.90 Å². The molecular weight excluding hydrogens is 350 g/mol. The number of fused-ring (bicyclic) bond motifs is 1. The van der Waals surface area contributed by atoms with Gasteiger partial charge in [-0.05, 0) is 49.6 Å². The van der Waals surface area contributed by atoms with E-state index in [-0.39, 0.29) is 16.9 Å². The average Bonchev–Trinajstić information content (AvgIpc) is 2.46. The molecule has 2 aromatic rings. The molecule has 0 bridgehead atoms. The van der Waals surface area contributed by atoms with Crippen molar-refractivity contribution in [3.63, 3.8) is 0 Å². The van der Waals surface area contributed by atoms with Gasteiger partial charge in [-0.25, -0.2) is 0 Å². The summed E-state index contributed by atoms with van der Waals surface area (Å²) < 4.78 is 1.08. The zero-order valence-electron chi connectivity index (χ0n) is 14.1. The summed E-state index contributed by atoms with van der Waals surface area (Å²) in [5.74, 6) is 0.0975. The normalized spacial score (nSPS) is 22.6. The summed E-state index contributed by atoms with van der Waals surface area (Å²) in [5, 5.41) is 0. The van der Waals surface area contributed by atoms with Crippen molar-refractivity contribution in [1.29, 1.82) is 0 Å². The molecule has 23 heavy (non-hydrogen) atoms. The van der Waals surface area contributed by atoms with Crippen LogP contribution in [-0.2, 0) is 10.2 Å². The number of nitrogens with zero attached hydrogens (tertiary/aromatic N) is 1. The zero-order valence-corrected chi connectivity index (χ0v) is 15.6.